The number of aromatic nitrogens is 4. The lowest BCUT2D eigenvalue weighted by molar-refractivity contribution is 0.644. The van der Waals surface area contributed by atoms with E-state index in [9.17, 15) is 0 Å². The van der Waals surface area contributed by atoms with Crippen LogP contribution in [0.15, 0.2) is 42.9 Å². The molecule has 3 aromatic heterocycles. The minimum atomic E-state index is 0.583. The van der Waals surface area contributed by atoms with Crippen molar-refractivity contribution in [2.75, 3.05) is 36.0 Å². The van der Waals surface area contributed by atoms with Crippen molar-refractivity contribution in [3.63, 3.8) is 0 Å². The van der Waals surface area contributed by atoms with Gasteiger partial charge in [0, 0.05) is 50.3 Å². The van der Waals surface area contributed by atoms with Crippen LogP contribution in [0, 0.1) is 11.3 Å². The summed E-state index contributed by atoms with van der Waals surface area (Å²) in [5.41, 5.74) is 1.57. The number of nitriles is 1. The summed E-state index contributed by atoms with van der Waals surface area (Å²) in [5, 5.41) is 19.3. The Morgan fingerprint density at radius 3 is 2.52 bits per heavy atom. The van der Waals surface area contributed by atoms with Crippen molar-refractivity contribution >= 4 is 22.3 Å². The molecule has 3 aromatic rings. The van der Waals surface area contributed by atoms with Crippen LogP contribution in [0.1, 0.15) is 5.56 Å². The molecule has 7 nitrogen and oxygen atoms in total. The molecule has 8 heteroatoms. The lowest BCUT2D eigenvalue weighted by Crippen LogP contribution is -2.46. The number of hydrogen-bond acceptors (Lipinski definition) is 8. The molecular formula is C17H15N7S. The van der Waals surface area contributed by atoms with Crippen LogP contribution in [0.4, 0.5) is 10.9 Å². The van der Waals surface area contributed by atoms with Gasteiger partial charge >= 0.3 is 0 Å². The molecule has 1 aliphatic rings. The minimum absolute atomic E-state index is 0.583. The second-order valence-electron chi connectivity index (χ2n) is 5.62. The fourth-order valence-electron chi connectivity index (χ4n) is 2.72. The summed E-state index contributed by atoms with van der Waals surface area (Å²) in [7, 11) is 0. The Morgan fingerprint density at radius 2 is 1.84 bits per heavy atom. The number of rotatable bonds is 3. The zero-order chi connectivity index (χ0) is 17.1. The fraction of sp³-hybridized carbons (Fsp3) is 0.235. The molecule has 0 saturated carbocycles. The molecule has 0 radical (unpaired) electrons. The third kappa shape index (κ3) is 3.27. The van der Waals surface area contributed by atoms with Gasteiger partial charge in [-0.05, 0) is 24.3 Å². The van der Waals surface area contributed by atoms with Gasteiger partial charge in [-0.1, -0.05) is 11.3 Å². The molecule has 4 rings (SSSR count). The molecule has 0 bridgehead atoms. The average Bonchev–Trinajstić information content (AvgIpc) is 3.19. The number of nitrogens with zero attached hydrogens (tertiary/aromatic N) is 7. The minimum Gasteiger partial charge on any atom is -0.353 e. The van der Waals surface area contributed by atoms with Gasteiger partial charge in [-0.3, -0.25) is 4.98 Å². The molecule has 1 saturated heterocycles. The van der Waals surface area contributed by atoms with Crippen molar-refractivity contribution in [2.45, 2.75) is 0 Å². The first kappa shape index (κ1) is 15.5. The highest BCUT2D eigenvalue weighted by atomic mass is 32.1. The van der Waals surface area contributed by atoms with Crippen molar-refractivity contribution in [1.29, 1.82) is 5.26 Å². The van der Waals surface area contributed by atoms with E-state index in [2.05, 4.69) is 36.0 Å². The summed E-state index contributed by atoms with van der Waals surface area (Å²) in [6.45, 7) is 3.45. The van der Waals surface area contributed by atoms with Crippen LogP contribution in [0.5, 0.6) is 0 Å². The highest BCUT2D eigenvalue weighted by Gasteiger charge is 2.21. The summed E-state index contributed by atoms with van der Waals surface area (Å²) in [6.07, 6.45) is 5.17. The maximum absolute atomic E-state index is 8.86. The first-order valence-corrected chi connectivity index (χ1v) is 8.75. The van der Waals surface area contributed by atoms with E-state index < -0.39 is 0 Å². The predicted molar refractivity (Wildman–Crippen MR) is 96.5 cm³/mol. The Hall–Kier alpha value is -3.05. The number of hydrogen-bond donors (Lipinski definition) is 0. The fourth-order valence-corrected chi connectivity index (χ4v) is 3.60. The van der Waals surface area contributed by atoms with Crippen LogP contribution < -0.4 is 9.80 Å². The van der Waals surface area contributed by atoms with E-state index in [1.807, 2.05) is 18.2 Å². The molecule has 0 atom stereocenters. The summed E-state index contributed by atoms with van der Waals surface area (Å²) in [4.78, 5) is 13.0. The second-order valence-corrected chi connectivity index (χ2v) is 6.58. The highest BCUT2D eigenvalue weighted by Crippen LogP contribution is 2.29. The largest absolute Gasteiger partial charge is 0.353 e. The van der Waals surface area contributed by atoms with Gasteiger partial charge in [0.05, 0.1) is 5.56 Å². The molecule has 1 aliphatic heterocycles. The van der Waals surface area contributed by atoms with Crippen molar-refractivity contribution < 1.29 is 0 Å². The van der Waals surface area contributed by atoms with Gasteiger partial charge < -0.3 is 9.80 Å². The zero-order valence-corrected chi connectivity index (χ0v) is 14.2. The van der Waals surface area contributed by atoms with Crippen LogP contribution in [0.3, 0.4) is 0 Å². The van der Waals surface area contributed by atoms with Crippen LogP contribution in [0.25, 0.3) is 10.6 Å². The smallest absolute Gasteiger partial charge is 0.208 e. The third-order valence-electron chi connectivity index (χ3n) is 4.07. The topological polar surface area (TPSA) is 81.8 Å². The SMILES string of the molecule is N#Cc1ccc(N2CCN(c3nnc(-c4cccnc4)s3)CC2)nc1. The Labute approximate surface area is 149 Å². The molecule has 1 fully saturated rings. The Kier molecular flexibility index (Phi) is 4.23. The first-order chi connectivity index (χ1) is 12.3. The van der Waals surface area contributed by atoms with Crippen LogP contribution in [0.2, 0.25) is 0 Å². The van der Waals surface area contributed by atoms with E-state index in [0.29, 0.717) is 5.56 Å². The normalized spacial score (nSPS) is 14.4. The molecule has 0 unspecified atom stereocenters. The summed E-state index contributed by atoms with van der Waals surface area (Å²) in [6, 6.07) is 9.70. The van der Waals surface area contributed by atoms with E-state index in [1.165, 1.54) is 0 Å². The third-order valence-corrected chi connectivity index (χ3v) is 5.11. The maximum Gasteiger partial charge on any atom is 0.208 e. The quantitative estimate of drug-likeness (QED) is 0.717. The summed E-state index contributed by atoms with van der Waals surface area (Å²) >= 11 is 1.59. The van der Waals surface area contributed by atoms with Crippen molar-refractivity contribution in [3.8, 4) is 16.6 Å². The van der Waals surface area contributed by atoms with Gasteiger partial charge in [0.15, 0.2) is 5.01 Å². The van der Waals surface area contributed by atoms with Gasteiger partial charge in [0.2, 0.25) is 5.13 Å². The molecule has 0 spiro atoms. The Morgan fingerprint density at radius 1 is 1.00 bits per heavy atom. The Balaban J connectivity index is 1.42. The van der Waals surface area contributed by atoms with Gasteiger partial charge in [0.25, 0.3) is 0 Å². The van der Waals surface area contributed by atoms with Crippen molar-refractivity contribution in [2.24, 2.45) is 0 Å². The lowest BCUT2D eigenvalue weighted by Gasteiger charge is -2.34. The Bertz CT molecular complexity index is 877. The molecule has 0 N–H and O–H groups in total. The van der Waals surface area contributed by atoms with E-state index in [-0.39, 0.29) is 0 Å². The molecule has 0 amide bonds. The van der Waals surface area contributed by atoms with Crippen LogP contribution >= 0.6 is 11.3 Å². The number of anilines is 2. The summed E-state index contributed by atoms with van der Waals surface area (Å²) in [5.74, 6) is 0.909. The van der Waals surface area contributed by atoms with E-state index in [1.54, 1.807) is 36.0 Å². The van der Waals surface area contributed by atoms with E-state index >= 15 is 0 Å². The van der Waals surface area contributed by atoms with Crippen molar-refractivity contribution in [1.82, 2.24) is 20.2 Å². The first-order valence-electron chi connectivity index (χ1n) is 7.93. The molecule has 25 heavy (non-hydrogen) atoms. The van der Waals surface area contributed by atoms with Gasteiger partial charge in [-0.15, -0.1) is 10.2 Å². The average molecular weight is 349 g/mol. The lowest BCUT2D eigenvalue weighted by atomic mass is 10.3. The van der Waals surface area contributed by atoms with Gasteiger partial charge in [0.1, 0.15) is 11.9 Å². The summed E-state index contributed by atoms with van der Waals surface area (Å²) < 4.78 is 0. The van der Waals surface area contributed by atoms with E-state index in [4.69, 9.17) is 5.26 Å². The molecule has 0 aliphatic carbocycles. The molecular weight excluding hydrogens is 334 g/mol. The highest BCUT2D eigenvalue weighted by molar-refractivity contribution is 7.18. The van der Waals surface area contributed by atoms with Crippen LogP contribution in [-0.2, 0) is 0 Å². The zero-order valence-electron chi connectivity index (χ0n) is 13.4. The number of piperazine rings is 1. The maximum atomic E-state index is 8.86. The number of pyridine rings is 2. The van der Waals surface area contributed by atoms with E-state index in [0.717, 1.165) is 47.7 Å². The van der Waals surface area contributed by atoms with Gasteiger partial charge in [-0.2, -0.15) is 5.26 Å². The molecule has 124 valence electrons. The second kappa shape index (κ2) is 6.83. The monoisotopic (exact) mass is 349 g/mol. The van der Waals surface area contributed by atoms with Gasteiger partial charge in [-0.25, -0.2) is 4.98 Å². The van der Waals surface area contributed by atoms with Crippen LogP contribution in [-0.4, -0.2) is 46.3 Å². The van der Waals surface area contributed by atoms with Crippen molar-refractivity contribution in [3.05, 3.63) is 48.4 Å². The standard InChI is InChI=1S/C17H15N7S/c18-10-13-3-4-15(20-11-13)23-6-8-24(9-7-23)17-22-21-16(25-17)14-2-1-5-19-12-14/h1-5,11-12H,6-9H2. The molecule has 4 heterocycles. The molecule has 0 aromatic carbocycles. The predicted octanol–water partition coefficient (Wildman–Crippen LogP) is 2.19.